The van der Waals surface area contributed by atoms with Crippen molar-refractivity contribution < 1.29 is 14.6 Å². The predicted octanol–water partition coefficient (Wildman–Crippen LogP) is 2.57. The molecule has 21 heavy (non-hydrogen) atoms. The lowest BCUT2D eigenvalue weighted by Crippen LogP contribution is -2.08. The number of benzene rings is 1. The first-order chi connectivity index (χ1) is 9.74. The van der Waals surface area contributed by atoms with Crippen LogP contribution in [0.4, 0.5) is 0 Å². The molecule has 1 heterocycles. The molecule has 3 rings (SSSR count). The van der Waals surface area contributed by atoms with Crippen molar-refractivity contribution in [2.45, 2.75) is 25.2 Å². The van der Waals surface area contributed by atoms with Gasteiger partial charge in [-0.3, -0.25) is 4.79 Å². The number of rotatable bonds is 5. The molecule has 1 aliphatic rings. The van der Waals surface area contributed by atoms with E-state index in [1.54, 1.807) is 12.5 Å². The number of carboxylic acid groups (broad SMARTS) is 1. The molecule has 2 aromatic rings. The summed E-state index contributed by atoms with van der Waals surface area (Å²) in [5, 5.41) is 9.20. The van der Waals surface area contributed by atoms with Crippen molar-refractivity contribution in [3.63, 3.8) is 0 Å². The van der Waals surface area contributed by atoms with Crippen LogP contribution >= 0.6 is 12.4 Å². The first-order valence-corrected chi connectivity index (χ1v) is 6.70. The average Bonchev–Trinajstić information content (AvgIpc) is 3.06. The second-order valence-corrected chi connectivity index (χ2v) is 4.97. The number of aryl methyl sites for hydroxylation is 1. The highest BCUT2D eigenvalue weighted by molar-refractivity contribution is 5.85. The molecule has 0 radical (unpaired) electrons. The van der Waals surface area contributed by atoms with Gasteiger partial charge in [-0.1, -0.05) is 6.07 Å². The van der Waals surface area contributed by atoms with Gasteiger partial charge in [-0.05, 0) is 36.1 Å². The van der Waals surface area contributed by atoms with Gasteiger partial charge in [-0.15, -0.1) is 12.4 Å². The number of H-pyrrole nitrogens is 1. The van der Waals surface area contributed by atoms with Gasteiger partial charge < -0.3 is 14.8 Å². The maximum Gasteiger partial charge on any atom is 0.310 e. The first-order valence-electron chi connectivity index (χ1n) is 6.70. The SMILES string of the molecule is Cl.O=C(O)C1CCc2ccc(OCCc3cnc[nH]3)cc21. The Morgan fingerprint density at radius 1 is 1.48 bits per heavy atom. The van der Waals surface area contributed by atoms with E-state index in [1.165, 1.54) is 0 Å². The number of nitrogens with zero attached hydrogens (tertiary/aromatic N) is 1. The maximum atomic E-state index is 11.2. The third kappa shape index (κ3) is 3.36. The van der Waals surface area contributed by atoms with Gasteiger partial charge in [0.25, 0.3) is 0 Å². The predicted molar refractivity (Wildman–Crippen MR) is 80.2 cm³/mol. The summed E-state index contributed by atoms with van der Waals surface area (Å²) in [4.78, 5) is 18.2. The molecule has 0 aliphatic heterocycles. The molecule has 0 amide bonds. The summed E-state index contributed by atoms with van der Waals surface area (Å²) < 4.78 is 5.69. The first kappa shape index (κ1) is 15.4. The Morgan fingerprint density at radius 2 is 2.33 bits per heavy atom. The fourth-order valence-electron chi connectivity index (χ4n) is 2.63. The van der Waals surface area contributed by atoms with E-state index in [0.29, 0.717) is 13.0 Å². The van der Waals surface area contributed by atoms with Gasteiger partial charge in [0, 0.05) is 18.3 Å². The molecule has 0 saturated carbocycles. The normalized spacial score (nSPS) is 16.1. The Hall–Kier alpha value is -2.01. The zero-order valence-corrected chi connectivity index (χ0v) is 12.2. The maximum absolute atomic E-state index is 11.2. The molecule has 2 N–H and O–H groups in total. The van der Waals surface area contributed by atoms with E-state index in [0.717, 1.165) is 35.4 Å². The van der Waals surface area contributed by atoms with E-state index in [9.17, 15) is 9.90 Å². The Morgan fingerprint density at radius 3 is 3.05 bits per heavy atom. The van der Waals surface area contributed by atoms with Crippen molar-refractivity contribution in [1.82, 2.24) is 9.97 Å². The molecule has 6 heteroatoms. The largest absolute Gasteiger partial charge is 0.493 e. The van der Waals surface area contributed by atoms with Crippen LogP contribution in [-0.2, 0) is 17.6 Å². The Balaban J connectivity index is 0.00000161. The summed E-state index contributed by atoms with van der Waals surface area (Å²) in [5.41, 5.74) is 3.05. The van der Waals surface area contributed by atoms with Gasteiger partial charge in [0.15, 0.2) is 0 Å². The highest BCUT2D eigenvalue weighted by Gasteiger charge is 2.28. The zero-order valence-electron chi connectivity index (χ0n) is 11.4. The van der Waals surface area contributed by atoms with Gasteiger partial charge in [0.1, 0.15) is 5.75 Å². The minimum absolute atomic E-state index is 0. The van der Waals surface area contributed by atoms with Crippen molar-refractivity contribution in [2.75, 3.05) is 6.61 Å². The third-order valence-electron chi connectivity index (χ3n) is 3.69. The van der Waals surface area contributed by atoms with Crippen molar-refractivity contribution in [1.29, 1.82) is 0 Å². The smallest absolute Gasteiger partial charge is 0.310 e. The fourth-order valence-corrected chi connectivity index (χ4v) is 2.63. The Labute approximate surface area is 128 Å². The van der Waals surface area contributed by atoms with Crippen LogP contribution in [0.25, 0.3) is 0 Å². The number of carboxylic acids is 1. The van der Waals surface area contributed by atoms with Crippen LogP contribution in [0.2, 0.25) is 0 Å². The van der Waals surface area contributed by atoms with Crippen molar-refractivity contribution in [3.8, 4) is 5.75 Å². The van der Waals surface area contributed by atoms with Crippen LogP contribution < -0.4 is 4.74 Å². The van der Waals surface area contributed by atoms with Crippen LogP contribution in [0.5, 0.6) is 5.75 Å². The summed E-state index contributed by atoms with van der Waals surface area (Å²) >= 11 is 0. The number of fused-ring (bicyclic) bond motifs is 1. The number of aromatic nitrogens is 2. The molecule has 1 aromatic heterocycles. The summed E-state index contributed by atoms with van der Waals surface area (Å²) in [6, 6.07) is 5.76. The molecule has 1 aliphatic carbocycles. The zero-order chi connectivity index (χ0) is 13.9. The standard InChI is InChI=1S/C15H16N2O3.ClH/c18-15(19)13-4-2-10-1-3-12(7-14(10)13)20-6-5-11-8-16-9-17-11;/h1,3,7-9,13H,2,4-6H2,(H,16,17)(H,18,19);1H. The molecule has 0 bridgehead atoms. The molecule has 0 fully saturated rings. The van der Waals surface area contributed by atoms with E-state index in [4.69, 9.17) is 4.74 Å². The minimum Gasteiger partial charge on any atom is -0.493 e. The lowest BCUT2D eigenvalue weighted by molar-refractivity contribution is -0.138. The number of halogens is 1. The van der Waals surface area contributed by atoms with E-state index in [2.05, 4.69) is 9.97 Å². The number of aromatic amines is 1. The van der Waals surface area contributed by atoms with Crippen molar-refractivity contribution in [3.05, 3.63) is 47.5 Å². The number of nitrogens with one attached hydrogen (secondary N) is 1. The highest BCUT2D eigenvalue weighted by Crippen LogP contribution is 2.35. The van der Waals surface area contributed by atoms with Gasteiger partial charge in [-0.2, -0.15) is 0 Å². The number of hydrogen-bond donors (Lipinski definition) is 2. The van der Waals surface area contributed by atoms with E-state index >= 15 is 0 Å². The van der Waals surface area contributed by atoms with Crippen molar-refractivity contribution in [2.24, 2.45) is 0 Å². The van der Waals surface area contributed by atoms with Crippen LogP contribution in [0.3, 0.4) is 0 Å². The summed E-state index contributed by atoms with van der Waals surface area (Å²) in [6.45, 7) is 0.540. The third-order valence-corrected chi connectivity index (χ3v) is 3.69. The number of carbonyl (C=O) groups is 1. The highest BCUT2D eigenvalue weighted by atomic mass is 35.5. The quantitative estimate of drug-likeness (QED) is 0.890. The molecule has 112 valence electrons. The average molecular weight is 309 g/mol. The molecule has 0 saturated heterocycles. The molecule has 1 atom stereocenters. The minimum atomic E-state index is -0.752. The van der Waals surface area contributed by atoms with Gasteiger partial charge >= 0.3 is 5.97 Å². The Bertz CT molecular complexity index is 613. The molecule has 1 aromatic carbocycles. The fraction of sp³-hybridized carbons (Fsp3) is 0.333. The molecule has 0 spiro atoms. The second-order valence-electron chi connectivity index (χ2n) is 4.97. The van der Waals surface area contributed by atoms with E-state index < -0.39 is 5.97 Å². The van der Waals surface area contributed by atoms with Gasteiger partial charge in [0.05, 0.1) is 18.9 Å². The molecule has 5 nitrogen and oxygen atoms in total. The van der Waals surface area contributed by atoms with Crippen LogP contribution in [0.15, 0.2) is 30.7 Å². The molecule has 1 unspecified atom stereocenters. The monoisotopic (exact) mass is 308 g/mol. The lowest BCUT2D eigenvalue weighted by atomic mass is 10.0. The summed E-state index contributed by atoms with van der Waals surface area (Å²) in [5.74, 6) is -0.407. The second kappa shape index (κ2) is 6.63. The molecular weight excluding hydrogens is 292 g/mol. The Kier molecular flexibility index (Phi) is 4.85. The number of hydrogen-bond acceptors (Lipinski definition) is 3. The lowest BCUT2D eigenvalue weighted by Gasteiger charge is -2.10. The van der Waals surface area contributed by atoms with Crippen molar-refractivity contribution >= 4 is 18.4 Å². The summed E-state index contributed by atoms with van der Waals surface area (Å²) in [6.07, 6.45) is 5.68. The number of aliphatic carboxylic acids is 1. The van der Waals surface area contributed by atoms with Gasteiger partial charge in [0.2, 0.25) is 0 Å². The number of ether oxygens (including phenoxy) is 1. The topological polar surface area (TPSA) is 75.2 Å². The van der Waals surface area contributed by atoms with Crippen LogP contribution in [-0.4, -0.2) is 27.7 Å². The van der Waals surface area contributed by atoms with E-state index in [1.807, 2.05) is 18.2 Å². The summed E-state index contributed by atoms with van der Waals surface area (Å²) in [7, 11) is 0. The van der Waals surface area contributed by atoms with Crippen LogP contribution in [0.1, 0.15) is 29.2 Å². The van der Waals surface area contributed by atoms with E-state index in [-0.39, 0.29) is 18.3 Å². The molecular formula is C15H17ClN2O3. The van der Waals surface area contributed by atoms with Gasteiger partial charge in [-0.25, -0.2) is 4.98 Å². The van der Waals surface area contributed by atoms with Crippen LogP contribution in [0, 0.1) is 0 Å². The number of imidazole rings is 1.